The zero-order valence-corrected chi connectivity index (χ0v) is 13.4. The molecule has 0 aliphatic carbocycles. The lowest BCUT2D eigenvalue weighted by molar-refractivity contribution is 0.323. The van der Waals surface area contributed by atoms with E-state index in [2.05, 4.69) is 4.99 Å². The van der Waals surface area contributed by atoms with Crippen molar-refractivity contribution in [3.63, 3.8) is 0 Å². The molecule has 0 aromatic heterocycles. The summed E-state index contributed by atoms with van der Waals surface area (Å²) < 4.78 is 16.1. The molecule has 0 saturated carbocycles. The monoisotopic (exact) mass is 315 g/mol. The molecule has 0 saturated heterocycles. The van der Waals surface area contributed by atoms with E-state index in [0.29, 0.717) is 31.1 Å². The highest BCUT2D eigenvalue weighted by Crippen LogP contribution is 2.21. The summed E-state index contributed by atoms with van der Waals surface area (Å²) in [6.45, 7) is 3.54. The average molecular weight is 315 g/mol. The predicted octanol–water partition coefficient (Wildman–Crippen LogP) is 3.30. The lowest BCUT2D eigenvalue weighted by Gasteiger charge is -2.06. The van der Waals surface area contributed by atoms with Crippen molar-refractivity contribution in [1.82, 2.24) is 0 Å². The van der Waals surface area contributed by atoms with Gasteiger partial charge in [-0.15, -0.1) is 0 Å². The van der Waals surface area contributed by atoms with Crippen LogP contribution in [-0.4, -0.2) is 38.2 Å². The van der Waals surface area contributed by atoms with Crippen LogP contribution in [0.5, 0.6) is 23.0 Å². The fraction of sp³-hybridized carbons (Fsp3) is 0.278. The lowest BCUT2D eigenvalue weighted by atomic mass is 10.2. The maximum absolute atomic E-state index is 9.74. The number of rotatable bonds is 8. The van der Waals surface area contributed by atoms with Gasteiger partial charge in [-0.05, 0) is 49.4 Å². The summed E-state index contributed by atoms with van der Waals surface area (Å²) in [6, 6.07) is 12.5. The van der Waals surface area contributed by atoms with Gasteiger partial charge in [-0.2, -0.15) is 0 Å². The molecule has 23 heavy (non-hydrogen) atoms. The smallest absolute Gasteiger partial charge is 0.124 e. The molecule has 0 fully saturated rings. The Morgan fingerprint density at radius 2 is 1.65 bits per heavy atom. The minimum absolute atomic E-state index is 0.169. The molecule has 2 aromatic carbocycles. The van der Waals surface area contributed by atoms with Crippen molar-refractivity contribution in [2.75, 3.05) is 26.9 Å². The number of ether oxygens (including phenoxy) is 3. The van der Waals surface area contributed by atoms with Gasteiger partial charge in [0.05, 0.1) is 20.3 Å². The van der Waals surface area contributed by atoms with Crippen LogP contribution in [0, 0.1) is 0 Å². The number of benzene rings is 2. The molecule has 0 aliphatic heterocycles. The third-order valence-corrected chi connectivity index (χ3v) is 3.09. The molecule has 0 radical (unpaired) electrons. The number of hydrogen-bond acceptors (Lipinski definition) is 5. The Kier molecular flexibility index (Phi) is 6.29. The molecular formula is C18H21NO4. The molecule has 0 spiro atoms. The second-order valence-electron chi connectivity index (χ2n) is 4.71. The van der Waals surface area contributed by atoms with Crippen LogP contribution in [0.2, 0.25) is 0 Å². The van der Waals surface area contributed by atoms with Crippen molar-refractivity contribution in [2.24, 2.45) is 4.99 Å². The van der Waals surface area contributed by atoms with E-state index < -0.39 is 0 Å². The van der Waals surface area contributed by atoms with Gasteiger partial charge < -0.3 is 19.3 Å². The van der Waals surface area contributed by atoms with E-state index in [1.165, 1.54) is 0 Å². The Morgan fingerprint density at radius 3 is 2.30 bits per heavy atom. The zero-order chi connectivity index (χ0) is 16.5. The molecule has 122 valence electrons. The van der Waals surface area contributed by atoms with Crippen molar-refractivity contribution in [3.8, 4) is 23.0 Å². The average Bonchev–Trinajstić information content (AvgIpc) is 2.58. The van der Waals surface area contributed by atoms with Crippen LogP contribution in [0.15, 0.2) is 47.5 Å². The van der Waals surface area contributed by atoms with Crippen molar-refractivity contribution in [1.29, 1.82) is 0 Å². The van der Waals surface area contributed by atoms with Crippen LogP contribution >= 0.6 is 0 Å². The molecule has 2 aromatic rings. The summed E-state index contributed by atoms with van der Waals surface area (Å²) >= 11 is 0. The fourth-order valence-electron chi connectivity index (χ4n) is 1.94. The van der Waals surface area contributed by atoms with E-state index in [1.807, 2.05) is 31.2 Å². The molecule has 2 rings (SSSR count). The largest absolute Gasteiger partial charge is 0.507 e. The quantitative estimate of drug-likeness (QED) is 0.600. The van der Waals surface area contributed by atoms with E-state index >= 15 is 0 Å². The van der Waals surface area contributed by atoms with E-state index in [4.69, 9.17) is 14.2 Å². The van der Waals surface area contributed by atoms with Crippen LogP contribution < -0.4 is 14.2 Å². The second kappa shape index (κ2) is 8.68. The van der Waals surface area contributed by atoms with Crippen LogP contribution in [0.1, 0.15) is 12.5 Å². The number of aliphatic imine (C=N–C) groups is 1. The van der Waals surface area contributed by atoms with Gasteiger partial charge in [-0.25, -0.2) is 0 Å². The minimum Gasteiger partial charge on any atom is -0.507 e. The molecule has 0 unspecified atom stereocenters. The Hall–Kier alpha value is -2.69. The van der Waals surface area contributed by atoms with E-state index in [0.717, 1.165) is 11.5 Å². The lowest BCUT2D eigenvalue weighted by Crippen LogP contribution is -2.01. The van der Waals surface area contributed by atoms with E-state index in [9.17, 15) is 5.11 Å². The third kappa shape index (κ3) is 5.21. The highest BCUT2D eigenvalue weighted by atomic mass is 16.5. The number of phenols is 1. The summed E-state index contributed by atoms with van der Waals surface area (Å²) in [6.07, 6.45) is 1.61. The van der Waals surface area contributed by atoms with Crippen molar-refractivity contribution < 1.29 is 19.3 Å². The first-order chi connectivity index (χ1) is 11.2. The van der Waals surface area contributed by atoms with Crippen LogP contribution in [0.4, 0.5) is 0 Å². The first-order valence-electron chi connectivity index (χ1n) is 7.45. The molecule has 5 nitrogen and oxygen atoms in total. The Morgan fingerprint density at radius 1 is 1.00 bits per heavy atom. The van der Waals surface area contributed by atoms with Gasteiger partial charge >= 0.3 is 0 Å². The molecular weight excluding hydrogens is 294 g/mol. The van der Waals surface area contributed by atoms with Gasteiger partial charge in [0.25, 0.3) is 0 Å². The van der Waals surface area contributed by atoms with Gasteiger partial charge in [-0.3, -0.25) is 4.99 Å². The minimum atomic E-state index is 0.169. The summed E-state index contributed by atoms with van der Waals surface area (Å²) in [7, 11) is 1.58. The molecule has 0 amide bonds. The summed E-state index contributed by atoms with van der Waals surface area (Å²) in [5.41, 5.74) is 0.616. The van der Waals surface area contributed by atoms with Crippen LogP contribution in [-0.2, 0) is 0 Å². The molecule has 0 atom stereocenters. The Bertz CT molecular complexity index is 638. The fourth-order valence-corrected chi connectivity index (χ4v) is 1.94. The van der Waals surface area contributed by atoms with Gasteiger partial charge in [0.2, 0.25) is 0 Å². The molecule has 5 heteroatoms. The predicted molar refractivity (Wildman–Crippen MR) is 90.2 cm³/mol. The molecule has 1 N–H and O–H groups in total. The highest BCUT2D eigenvalue weighted by molar-refractivity contribution is 5.84. The van der Waals surface area contributed by atoms with Crippen LogP contribution in [0.25, 0.3) is 0 Å². The number of methoxy groups -OCH3 is 1. The first-order valence-corrected chi connectivity index (χ1v) is 7.45. The topological polar surface area (TPSA) is 60.3 Å². The third-order valence-electron chi connectivity index (χ3n) is 3.09. The van der Waals surface area contributed by atoms with Gasteiger partial charge in [-0.1, -0.05) is 0 Å². The maximum Gasteiger partial charge on any atom is 0.124 e. The van der Waals surface area contributed by atoms with Crippen molar-refractivity contribution in [3.05, 3.63) is 48.0 Å². The SMILES string of the molecule is CCOc1ccc(OCCN=Cc2cc(OC)ccc2O)cc1. The van der Waals surface area contributed by atoms with Crippen LogP contribution in [0.3, 0.4) is 0 Å². The number of hydrogen-bond donors (Lipinski definition) is 1. The number of aromatic hydroxyl groups is 1. The number of phenolic OH excluding ortho intramolecular Hbond substituents is 1. The highest BCUT2D eigenvalue weighted by Gasteiger charge is 2.00. The Balaban J connectivity index is 1.80. The Labute approximate surface area is 136 Å². The second-order valence-corrected chi connectivity index (χ2v) is 4.71. The first kappa shape index (κ1) is 16.7. The van der Waals surface area contributed by atoms with Gasteiger partial charge in [0, 0.05) is 11.8 Å². The van der Waals surface area contributed by atoms with Gasteiger partial charge in [0.15, 0.2) is 0 Å². The number of nitrogens with zero attached hydrogens (tertiary/aromatic N) is 1. The standard InChI is InChI=1S/C18H21NO4/c1-3-22-15-4-6-16(7-5-15)23-11-10-19-13-14-12-17(21-2)8-9-18(14)20/h4-9,12-13,20H,3,10-11H2,1-2H3. The van der Waals surface area contributed by atoms with E-state index in [-0.39, 0.29) is 5.75 Å². The molecule has 0 aliphatic rings. The normalized spacial score (nSPS) is 10.7. The molecule has 0 heterocycles. The van der Waals surface area contributed by atoms with Crippen molar-refractivity contribution in [2.45, 2.75) is 6.92 Å². The molecule has 0 bridgehead atoms. The summed E-state index contributed by atoms with van der Waals surface area (Å²) in [5.74, 6) is 2.44. The summed E-state index contributed by atoms with van der Waals surface area (Å²) in [4.78, 5) is 4.25. The van der Waals surface area contributed by atoms with Crippen molar-refractivity contribution >= 4 is 6.21 Å². The summed E-state index contributed by atoms with van der Waals surface area (Å²) in [5, 5.41) is 9.74. The van der Waals surface area contributed by atoms with Gasteiger partial charge in [0.1, 0.15) is 29.6 Å². The zero-order valence-electron chi connectivity index (χ0n) is 13.4. The maximum atomic E-state index is 9.74. The van der Waals surface area contributed by atoms with E-state index in [1.54, 1.807) is 31.5 Å².